The molecule has 0 atom stereocenters. The quantitative estimate of drug-likeness (QED) is 0.460. The topological polar surface area (TPSA) is 68.5 Å². The normalized spacial score (nSPS) is 10.8. The zero-order chi connectivity index (χ0) is 18.8. The molecule has 2 aromatic carbocycles. The van der Waals surface area contributed by atoms with Crippen molar-refractivity contribution in [2.75, 3.05) is 11.9 Å². The van der Waals surface area contributed by atoms with Crippen molar-refractivity contribution >= 4 is 57.4 Å². The molecule has 0 radical (unpaired) electrons. The standard InChI is InChI=1S/C18H12Cl3NO4/c1-2-25-10-4-3-9-5-11(18(24)26-16(9)6-10)17(23)22-15-8-13(20)12(19)7-14(15)21/h3-8H,2H2,1H3,(H,22,23). The summed E-state index contributed by atoms with van der Waals surface area (Å²) in [5, 5.41) is 3.79. The second-order valence-electron chi connectivity index (χ2n) is 5.28. The van der Waals surface area contributed by atoms with Crippen LogP contribution in [0.25, 0.3) is 11.0 Å². The van der Waals surface area contributed by atoms with E-state index >= 15 is 0 Å². The van der Waals surface area contributed by atoms with Gasteiger partial charge in [0.05, 0.1) is 27.4 Å². The van der Waals surface area contributed by atoms with Crippen LogP contribution in [-0.2, 0) is 0 Å². The van der Waals surface area contributed by atoms with Crippen LogP contribution in [0.5, 0.6) is 5.75 Å². The maximum atomic E-state index is 12.5. The highest BCUT2D eigenvalue weighted by molar-refractivity contribution is 6.44. The lowest BCUT2D eigenvalue weighted by Gasteiger charge is -2.09. The molecule has 1 N–H and O–H groups in total. The predicted molar refractivity (Wildman–Crippen MR) is 103 cm³/mol. The Morgan fingerprint density at radius 1 is 1.08 bits per heavy atom. The summed E-state index contributed by atoms with van der Waals surface area (Å²) in [5.74, 6) is -0.0993. The van der Waals surface area contributed by atoms with Crippen LogP contribution in [0.4, 0.5) is 5.69 Å². The number of amides is 1. The molecule has 0 bridgehead atoms. The minimum absolute atomic E-state index is 0.163. The Balaban J connectivity index is 1.96. The Kier molecular flexibility index (Phi) is 5.41. The Labute approximate surface area is 163 Å². The molecule has 0 unspecified atom stereocenters. The van der Waals surface area contributed by atoms with Gasteiger partial charge < -0.3 is 14.5 Å². The summed E-state index contributed by atoms with van der Waals surface area (Å²) in [6.45, 7) is 2.34. The number of rotatable bonds is 4. The van der Waals surface area contributed by atoms with Gasteiger partial charge in [0.15, 0.2) is 0 Å². The first-order chi connectivity index (χ1) is 12.4. The van der Waals surface area contributed by atoms with Crippen molar-refractivity contribution in [2.24, 2.45) is 0 Å². The molecule has 26 heavy (non-hydrogen) atoms. The number of anilines is 1. The van der Waals surface area contributed by atoms with Gasteiger partial charge in [0, 0.05) is 11.5 Å². The number of benzene rings is 2. The fraction of sp³-hybridized carbons (Fsp3) is 0.111. The Hall–Kier alpha value is -2.21. The molecule has 0 fully saturated rings. The number of carbonyl (C=O) groups is 1. The van der Waals surface area contributed by atoms with Gasteiger partial charge >= 0.3 is 5.63 Å². The number of hydrogen-bond acceptors (Lipinski definition) is 4. The molecule has 0 saturated heterocycles. The van der Waals surface area contributed by atoms with Crippen molar-refractivity contribution in [3.05, 3.63) is 67.4 Å². The summed E-state index contributed by atoms with van der Waals surface area (Å²) in [6.07, 6.45) is 0. The molecule has 3 rings (SSSR count). The molecule has 0 aliphatic carbocycles. The lowest BCUT2D eigenvalue weighted by molar-refractivity contribution is 0.102. The van der Waals surface area contributed by atoms with Gasteiger partial charge in [0.1, 0.15) is 16.9 Å². The number of fused-ring (bicyclic) bond motifs is 1. The Morgan fingerprint density at radius 3 is 2.54 bits per heavy atom. The highest BCUT2D eigenvalue weighted by Gasteiger charge is 2.16. The summed E-state index contributed by atoms with van der Waals surface area (Å²) >= 11 is 17.8. The molecular weight excluding hydrogens is 401 g/mol. The van der Waals surface area contributed by atoms with Crippen LogP contribution in [-0.4, -0.2) is 12.5 Å². The van der Waals surface area contributed by atoms with E-state index in [1.54, 1.807) is 18.2 Å². The molecule has 1 aromatic heterocycles. The predicted octanol–water partition coefficient (Wildman–Crippen LogP) is 5.40. The van der Waals surface area contributed by atoms with Crippen LogP contribution in [0.1, 0.15) is 17.3 Å². The summed E-state index contributed by atoms with van der Waals surface area (Å²) in [5.41, 5.74) is -0.383. The van der Waals surface area contributed by atoms with E-state index in [-0.39, 0.29) is 26.3 Å². The van der Waals surface area contributed by atoms with Gasteiger partial charge in [-0.1, -0.05) is 34.8 Å². The fourth-order valence-corrected chi connectivity index (χ4v) is 2.91. The minimum atomic E-state index is -0.778. The molecule has 1 amide bonds. The third-order valence-electron chi connectivity index (χ3n) is 3.52. The average molecular weight is 413 g/mol. The van der Waals surface area contributed by atoms with E-state index in [0.29, 0.717) is 23.3 Å². The van der Waals surface area contributed by atoms with E-state index in [0.717, 1.165) is 0 Å². The third kappa shape index (κ3) is 3.80. The summed E-state index contributed by atoms with van der Waals surface area (Å²) < 4.78 is 10.6. The first-order valence-corrected chi connectivity index (χ1v) is 8.69. The van der Waals surface area contributed by atoms with Crippen molar-refractivity contribution in [1.29, 1.82) is 0 Å². The Morgan fingerprint density at radius 2 is 1.81 bits per heavy atom. The first-order valence-electron chi connectivity index (χ1n) is 7.55. The van der Waals surface area contributed by atoms with E-state index in [4.69, 9.17) is 44.0 Å². The van der Waals surface area contributed by atoms with Crippen molar-refractivity contribution in [2.45, 2.75) is 6.92 Å². The van der Waals surface area contributed by atoms with Crippen LogP contribution >= 0.6 is 34.8 Å². The van der Waals surface area contributed by atoms with Crippen LogP contribution in [0, 0.1) is 0 Å². The summed E-state index contributed by atoms with van der Waals surface area (Å²) in [7, 11) is 0. The van der Waals surface area contributed by atoms with Gasteiger partial charge in [-0.2, -0.15) is 0 Å². The molecule has 5 nitrogen and oxygen atoms in total. The van der Waals surface area contributed by atoms with Crippen LogP contribution in [0.2, 0.25) is 15.1 Å². The van der Waals surface area contributed by atoms with Crippen LogP contribution in [0.15, 0.2) is 45.6 Å². The smallest absolute Gasteiger partial charge is 0.349 e. The molecular formula is C18H12Cl3NO4. The molecule has 0 aliphatic heterocycles. The first kappa shape index (κ1) is 18.6. The van der Waals surface area contributed by atoms with Gasteiger partial charge in [0.25, 0.3) is 5.91 Å². The Bertz CT molecular complexity index is 1060. The van der Waals surface area contributed by atoms with Gasteiger partial charge in [-0.05, 0) is 37.3 Å². The highest BCUT2D eigenvalue weighted by atomic mass is 35.5. The summed E-state index contributed by atoms with van der Waals surface area (Å²) in [4.78, 5) is 24.7. The van der Waals surface area contributed by atoms with E-state index in [1.807, 2.05) is 6.92 Å². The monoisotopic (exact) mass is 411 g/mol. The number of ether oxygens (including phenoxy) is 1. The molecule has 0 spiro atoms. The van der Waals surface area contributed by atoms with Gasteiger partial charge in [-0.3, -0.25) is 4.79 Å². The van der Waals surface area contributed by atoms with E-state index < -0.39 is 11.5 Å². The molecule has 0 aliphatic rings. The zero-order valence-electron chi connectivity index (χ0n) is 13.4. The van der Waals surface area contributed by atoms with Crippen molar-refractivity contribution < 1.29 is 13.9 Å². The molecule has 0 saturated carbocycles. The SMILES string of the molecule is CCOc1ccc2cc(C(=O)Nc3cc(Cl)c(Cl)cc3Cl)c(=O)oc2c1. The lowest BCUT2D eigenvalue weighted by atomic mass is 10.1. The maximum Gasteiger partial charge on any atom is 0.349 e. The molecule has 8 heteroatoms. The van der Waals surface area contributed by atoms with Crippen molar-refractivity contribution in [3.8, 4) is 5.75 Å². The van der Waals surface area contributed by atoms with Gasteiger partial charge in [-0.15, -0.1) is 0 Å². The molecule has 134 valence electrons. The largest absolute Gasteiger partial charge is 0.494 e. The van der Waals surface area contributed by atoms with Crippen LogP contribution < -0.4 is 15.7 Å². The number of nitrogens with one attached hydrogen (secondary N) is 1. The summed E-state index contributed by atoms with van der Waals surface area (Å²) in [6, 6.07) is 9.27. The molecule has 3 aromatic rings. The molecule has 1 heterocycles. The van der Waals surface area contributed by atoms with Crippen molar-refractivity contribution in [3.63, 3.8) is 0 Å². The van der Waals surface area contributed by atoms with Gasteiger partial charge in [-0.25, -0.2) is 4.79 Å². The van der Waals surface area contributed by atoms with Crippen molar-refractivity contribution in [1.82, 2.24) is 0 Å². The lowest BCUT2D eigenvalue weighted by Crippen LogP contribution is -2.20. The number of halogens is 3. The number of carbonyl (C=O) groups excluding carboxylic acids is 1. The zero-order valence-corrected chi connectivity index (χ0v) is 15.7. The van der Waals surface area contributed by atoms with Crippen LogP contribution in [0.3, 0.4) is 0 Å². The average Bonchev–Trinajstić information content (AvgIpc) is 2.59. The highest BCUT2D eigenvalue weighted by Crippen LogP contribution is 2.32. The van der Waals surface area contributed by atoms with Gasteiger partial charge in [0.2, 0.25) is 0 Å². The van der Waals surface area contributed by atoms with E-state index in [2.05, 4.69) is 5.32 Å². The van der Waals surface area contributed by atoms with E-state index in [9.17, 15) is 9.59 Å². The second-order valence-corrected chi connectivity index (χ2v) is 6.50. The number of hydrogen-bond donors (Lipinski definition) is 1. The third-order valence-corrected chi connectivity index (χ3v) is 4.56. The minimum Gasteiger partial charge on any atom is -0.494 e. The van der Waals surface area contributed by atoms with E-state index in [1.165, 1.54) is 18.2 Å². The second kappa shape index (κ2) is 7.58. The fourth-order valence-electron chi connectivity index (χ4n) is 2.31. The maximum absolute atomic E-state index is 12.5.